The van der Waals surface area contributed by atoms with Gasteiger partial charge in [0.25, 0.3) is 0 Å². The predicted octanol–water partition coefficient (Wildman–Crippen LogP) is 2.78. The van der Waals surface area contributed by atoms with Gasteiger partial charge in [0.1, 0.15) is 5.76 Å². The summed E-state index contributed by atoms with van der Waals surface area (Å²) in [6.07, 6.45) is 6.72. The highest BCUT2D eigenvalue weighted by molar-refractivity contribution is 7.99. The molecule has 1 fully saturated rings. The van der Waals surface area contributed by atoms with Crippen molar-refractivity contribution in [3.63, 3.8) is 0 Å². The van der Waals surface area contributed by atoms with Crippen molar-refractivity contribution in [2.75, 3.05) is 0 Å². The van der Waals surface area contributed by atoms with E-state index in [1.807, 2.05) is 23.9 Å². The van der Waals surface area contributed by atoms with Gasteiger partial charge in [-0.1, -0.05) is 6.42 Å². The van der Waals surface area contributed by atoms with E-state index in [1.165, 1.54) is 25.7 Å². The van der Waals surface area contributed by atoms with Crippen molar-refractivity contribution >= 4 is 11.8 Å². The molecule has 0 radical (unpaired) electrons. The lowest BCUT2D eigenvalue weighted by Gasteiger charge is -2.25. The van der Waals surface area contributed by atoms with Gasteiger partial charge in [0.2, 0.25) is 0 Å². The molecule has 1 aromatic rings. The fourth-order valence-corrected chi connectivity index (χ4v) is 3.21. The van der Waals surface area contributed by atoms with Crippen LogP contribution in [0.15, 0.2) is 22.8 Å². The summed E-state index contributed by atoms with van der Waals surface area (Å²) in [5.41, 5.74) is 5.94. The van der Waals surface area contributed by atoms with Gasteiger partial charge in [-0.05, 0) is 31.4 Å². The molecule has 0 aliphatic heterocycles. The maximum Gasteiger partial charge on any atom is 0.113 e. The molecular formula is C11H17NOS. The molecule has 1 aliphatic carbocycles. The Morgan fingerprint density at radius 1 is 1.50 bits per heavy atom. The number of hydrogen-bond acceptors (Lipinski definition) is 3. The molecule has 2 atom stereocenters. The first-order valence-corrected chi connectivity index (χ1v) is 6.29. The second-order valence-electron chi connectivity index (χ2n) is 3.94. The quantitative estimate of drug-likeness (QED) is 0.835. The molecule has 2 unspecified atom stereocenters. The topological polar surface area (TPSA) is 39.2 Å². The van der Waals surface area contributed by atoms with Gasteiger partial charge in [0, 0.05) is 11.3 Å². The molecular weight excluding hydrogens is 194 g/mol. The van der Waals surface area contributed by atoms with Crippen LogP contribution in [0.5, 0.6) is 0 Å². The fourth-order valence-electron chi connectivity index (χ4n) is 1.93. The van der Waals surface area contributed by atoms with Gasteiger partial charge in [-0.2, -0.15) is 11.8 Å². The smallest absolute Gasteiger partial charge is 0.113 e. The summed E-state index contributed by atoms with van der Waals surface area (Å²) in [6.45, 7) is 0. The minimum Gasteiger partial charge on any atom is -0.468 e. The van der Waals surface area contributed by atoms with Crippen molar-refractivity contribution in [3.05, 3.63) is 24.2 Å². The van der Waals surface area contributed by atoms with E-state index in [4.69, 9.17) is 10.2 Å². The molecule has 1 aromatic heterocycles. The molecule has 0 amide bonds. The Bertz CT molecular complexity index is 260. The van der Waals surface area contributed by atoms with Crippen molar-refractivity contribution in [3.8, 4) is 0 Å². The largest absolute Gasteiger partial charge is 0.468 e. The summed E-state index contributed by atoms with van der Waals surface area (Å²) in [6, 6.07) is 4.41. The Hall–Kier alpha value is -0.410. The summed E-state index contributed by atoms with van der Waals surface area (Å²) in [5.74, 6) is 2.07. The monoisotopic (exact) mass is 211 g/mol. The highest BCUT2D eigenvalue weighted by atomic mass is 32.2. The highest BCUT2D eigenvalue weighted by Crippen LogP contribution is 2.29. The van der Waals surface area contributed by atoms with E-state index in [0.29, 0.717) is 6.04 Å². The summed E-state index contributed by atoms with van der Waals surface area (Å²) in [4.78, 5) is 0. The van der Waals surface area contributed by atoms with Crippen LogP contribution in [0.4, 0.5) is 0 Å². The maximum atomic E-state index is 5.94. The van der Waals surface area contributed by atoms with E-state index in [2.05, 4.69) is 0 Å². The zero-order valence-electron chi connectivity index (χ0n) is 8.32. The van der Waals surface area contributed by atoms with E-state index in [9.17, 15) is 0 Å². The fraction of sp³-hybridized carbons (Fsp3) is 0.636. The molecule has 0 spiro atoms. The van der Waals surface area contributed by atoms with E-state index < -0.39 is 0 Å². The van der Waals surface area contributed by atoms with Crippen LogP contribution in [-0.4, -0.2) is 11.3 Å². The van der Waals surface area contributed by atoms with Gasteiger partial charge in [-0.25, -0.2) is 0 Å². The Morgan fingerprint density at radius 3 is 3.14 bits per heavy atom. The minimum atomic E-state index is 0.429. The maximum absolute atomic E-state index is 5.94. The van der Waals surface area contributed by atoms with Crippen molar-refractivity contribution in [1.82, 2.24) is 0 Å². The Kier molecular flexibility index (Phi) is 3.54. The van der Waals surface area contributed by atoms with E-state index in [1.54, 1.807) is 6.26 Å². The molecule has 0 aromatic carbocycles. The standard InChI is InChI=1S/C11H17NOS/c12-9-3-1-5-11(7-9)14-8-10-4-2-6-13-10/h2,4,6,9,11H,1,3,5,7-8,12H2. The summed E-state index contributed by atoms with van der Waals surface area (Å²) < 4.78 is 5.30. The van der Waals surface area contributed by atoms with Crippen LogP contribution >= 0.6 is 11.8 Å². The first kappa shape index (κ1) is 10.1. The third-order valence-corrected chi connectivity index (χ3v) is 4.06. The molecule has 1 heterocycles. The van der Waals surface area contributed by atoms with Gasteiger partial charge in [0.05, 0.1) is 12.0 Å². The van der Waals surface area contributed by atoms with Crippen LogP contribution in [0.1, 0.15) is 31.4 Å². The van der Waals surface area contributed by atoms with Crippen molar-refractivity contribution < 1.29 is 4.42 Å². The first-order chi connectivity index (χ1) is 6.84. The first-order valence-electron chi connectivity index (χ1n) is 5.24. The van der Waals surface area contributed by atoms with Crippen LogP contribution < -0.4 is 5.73 Å². The lowest BCUT2D eigenvalue weighted by atomic mass is 9.96. The van der Waals surface area contributed by atoms with Gasteiger partial charge in [0.15, 0.2) is 0 Å². The Balaban J connectivity index is 1.75. The zero-order chi connectivity index (χ0) is 9.80. The lowest BCUT2D eigenvalue weighted by molar-refractivity contribution is 0.450. The summed E-state index contributed by atoms with van der Waals surface area (Å²) in [7, 11) is 0. The molecule has 1 aliphatic rings. The van der Waals surface area contributed by atoms with Gasteiger partial charge < -0.3 is 10.2 Å². The van der Waals surface area contributed by atoms with Crippen LogP contribution in [0, 0.1) is 0 Å². The van der Waals surface area contributed by atoms with E-state index >= 15 is 0 Å². The average Bonchev–Trinajstić information content (AvgIpc) is 2.67. The van der Waals surface area contributed by atoms with Gasteiger partial charge in [-0.3, -0.25) is 0 Å². The number of rotatable bonds is 3. The second-order valence-corrected chi connectivity index (χ2v) is 5.23. The molecule has 3 heteroatoms. The number of nitrogens with two attached hydrogens (primary N) is 1. The van der Waals surface area contributed by atoms with Crippen LogP contribution in [-0.2, 0) is 5.75 Å². The van der Waals surface area contributed by atoms with Crippen molar-refractivity contribution in [1.29, 1.82) is 0 Å². The van der Waals surface area contributed by atoms with E-state index in [-0.39, 0.29) is 0 Å². The zero-order valence-corrected chi connectivity index (χ0v) is 9.13. The number of hydrogen-bond donors (Lipinski definition) is 1. The van der Waals surface area contributed by atoms with Crippen molar-refractivity contribution in [2.24, 2.45) is 5.73 Å². The summed E-state index contributed by atoms with van der Waals surface area (Å²) in [5, 5.41) is 0.740. The van der Waals surface area contributed by atoms with Crippen LogP contribution in [0.3, 0.4) is 0 Å². The average molecular weight is 211 g/mol. The minimum absolute atomic E-state index is 0.429. The van der Waals surface area contributed by atoms with Crippen molar-refractivity contribution in [2.45, 2.75) is 42.7 Å². The van der Waals surface area contributed by atoms with Crippen LogP contribution in [0.2, 0.25) is 0 Å². The Morgan fingerprint density at radius 2 is 2.43 bits per heavy atom. The molecule has 78 valence electrons. The molecule has 2 N–H and O–H groups in total. The van der Waals surface area contributed by atoms with Gasteiger partial charge in [-0.15, -0.1) is 0 Å². The molecule has 0 saturated heterocycles. The predicted molar refractivity (Wildman–Crippen MR) is 60.2 cm³/mol. The third kappa shape index (κ3) is 2.79. The molecule has 2 rings (SSSR count). The lowest BCUT2D eigenvalue weighted by Crippen LogP contribution is -2.29. The molecule has 0 bridgehead atoms. The van der Waals surface area contributed by atoms with Crippen LogP contribution in [0.25, 0.3) is 0 Å². The molecule has 1 saturated carbocycles. The highest BCUT2D eigenvalue weighted by Gasteiger charge is 2.19. The summed E-state index contributed by atoms with van der Waals surface area (Å²) >= 11 is 1.99. The normalized spacial score (nSPS) is 27.8. The second kappa shape index (κ2) is 4.89. The van der Waals surface area contributed by atoms with Gasteiger partial charge >= 0.3 is 0 Å². The van der Waals surface area contributed by atoms with E-state index in [0.717, 1.165) is 16.8 Å². The Labute approximate surface area is 89.2 Å². The molecule has 14 heavy (non-hydrogen) atoms. The number of thioether (sulfide) groups is 1. The SMILES string of the molecule is NC1CCCC(SCc2ccco2)C1. The third-order valence-electron chi connectivity index (χ3n) is 2.71. The number of furan rings is 1. The molecule has 2 nitrogen and oxygen atoms in total.